The van der Waals surface area contributed by atoms with Crippen LogP contribution in [-0.2, 0) is 19.1 Å². The maximum absolute atomic E-state index is 13.5. The summed E-state index contributed by atoms with van der Waals surface area (Å²) >= 11 is 5.31. The molecule has 2 heterocycles. The molecular weight excluding hydrogens is 411 g/mol. The lowest BCUT2D eigenvalue weighted by molar-refractivity contribution is -0.141. The molecule has 1 aliphatic carbocycles. The van der Waals surface area contributed by atoms with Crippen molar-refractivity contribution >= 4 is 29.1 Å². The van der Waals surface area contributed by atoms with E-state index >= 15 is 0 Å². The van der Waals surface area contributed by atoms with Crippen LogP contribution < -0.4 is 15.5 Å². The van der Waals surface area contributed by atoms with Crippen molar-refractivity contribution in [2.75, 3.05) is 16.8 Å². The Morgan fingerprint density at radius 1 is 1.07 bits per heavy atom. The van der Waals surface area contributed by atoms with Crippen LogP contribution in [0.4, 0.5) is 24.9 Å². The van der Waals surface area contributed by atoms with Crippen LogP contribution in [-0.4, -0.2) is 27.7 Å². The first-order chi connectivity index (χ1) is 14.4. The normalized spacial score (nSPS) is 17.4. The molecule has 9 heteroatoms. The highest BCUT2D eigenvalue weighted by Crippen LogP contribution is 2.32. The molecule has 4 rings (SSSR count). The van der Waals surface area contributed by atoms with Gasteiger partial charge in [-0.1, -0.05) is 43.5 Å². The molecule has 0 radical (unpaired) electrons. The van der Waals surface area contributed by atoms with E-state index in [1.165, 1.54) is 12.0 Å². The Kier molecular flexibility index (Phi) is 6.08. The standard InChI is InChI=1S/C21H24F3N5S/c22-21(23,24)17-12-18(29-11-10-14-6-4-5-7-15(14)13-29)27-19(26-17)28-20(30)25-16-8-2-1-3-9-16/h4-7,12,16H,1-3,8-11,13H2,(H2,25,26,27,28,30). The number of aromatic nitrogens is 2. The van der Waals surface area contributed by atoms with Gasteiger partial charge in [0.05, 0.1) is 0 Å². The number of nitrogens with zero attached hydrogens (tertiary/aromatic N) is 3. The minimum atomic E-state index is -4.57. The fourth-order valence-corrected chi connectivity index (χ4v) is 4.32. The van der Waals surface area contributed by atoms with Crippen molar-refractivity contribution in [3.63, 3.8) is 0 Å². The Bertz CT molecular complexity index is 912. The highest BCUT2D eigenvalue weighted by Gasteiger charge is 2.34. The van der Waals surface area contributed by atoms with Gasteiger partial charge in [-0.2, -0.15) is 18.2 Å². The van der Waals surface area contributed by atoms with Gasteiger partial charge in [-0.05, 0) is 42.6 Å². The molecule has 160 valence electrons. The zero-order valence-corrected chi connectivity index (χ0v) is 17.3. The molecule has 5 nitrogen and oxygen atoms in total. The number of fused-ring (bicyclic) bond motifs is 1. The number of halogens is 3. The molecule has 0 spiro atoms. The van der Waals surface area contributed by atoms with Crippen molar-refractivity contribution in [1.29, 1.82) is 0 Å². The van der Waals surface area contributed by atoms with Gasteiger partial charge in [0.1, 0.15) is 5.82 Å². The van der Waals surface area contributed by atoms with Gasteiger partial charge >= 0.3 is 6.18 Å². The number of nitrogens with one attached hydrogen (secondary N) is 2. The van der Waals surface area contributed by atoms with Gasteiger partial charge in [0.25, 0.3) is 0 Å². The number of rotatable bonds is 3. The third kappa shape index (κ3) is 5.00. The van der Waals surface area contributed by atoms with Crippen molar-refractivity contribution in [2.24, 2.45) is 0 Å². The summed E-state index contributed by atoms with van der Waals surface area (Å²) in [6.07, 6.45) is 1.65. The SMILES string of the molecule is FC(F)(F)c1cc(N2CCc3ccccc3C2)nc(NC(=S)NC2CCCCC2)n1. The quantitative estimate of drug-likeness (QED) is 0.683. The first-order valence-corrected chi connectivity index (χ1v) is 10.6. The van der Waals surface area contributed by atoms with E-state index in [-0.39, 0.29) is 22.9 Å². The minimum Gasteiger partial charge on any atom is -0.360 e. The lowest BCUT2D eigenvalue weighted by Gasteiger charge is -2.30. The minimum absolute atomic E-state index is 0.132. The van der Waals surface area contributed by atoms with E-state index in [9.17, 15) is 13.2 Å². The molecule has 2 aromatic rings. The van der Waals surface area contributed by atoms with E-state index in [2.05, 4.69) is 26.7 Å². The zero-order chi connectivity index (χ0) is 21.1. The summed E-state index contributed by atoms with van der Waals surface area (Å²) in [7, 11) is 0. The van der Waals surface area contributed by atoms with Crippen LogP contribution in [0.2, 0.25) is 0 Å². The van der Waals surface area contributed by atoms with Crippen LogP contribution in [0.5, 0.6) is 0 Å². The van der Waals surface area contributed by atoms with Gasteiger partial charge in [0, 0.05) is 25.2 Å². The molecule has 1 aromatic heterocycles. The van der Waals surface area contributed by atoms with Gasteiger partial charge in [-0.15, -0.1) is 0 Å². The Balaban J connectivity index is 1.54. The van der Waals surface area contributed by atoms with Crippen LogP contribution in [0.3, 0.4) is 0 Å². The summed E-state index contributed by atoms with van der Waals surface area (Å²) in [5, 5.41) is 6.22. The first kappa shape index (κ1) is 20.8. The molecular formula is C21H24F3N5S. The Labute approximate surface area is 179 Å². The molecule has 0 unspecified atom stereocenters. The molecule has 0 amide bonds. The molecule has 0 saturated heterocycles. The maximum Gasteiger partial charge on any atom is 0.433 e. The molecule has 2 N–H and O–H groups in total. The summed E-state index contributed by atoms with van der Waals surface area (Å²) in [4.78, 5) is 9.88. The summed E-state index contributed by atoms with van der Waals surface area (Å²) in [5.41, 5.74) is 1.34. The van der Waals surface area contributed by atoms with Crippen LogP contribution in [0.15, 0.2) is 30.3 Å². The maximum atomic E-state index is 13.5. The van der Waals surface area contributed by atoms with Crippen molar-refractivity contribution < 1.29 is 13.2 Å². The number of hydrogen-bond donors (Lipinski definition) is 2. The second-order valence-electron chi connectivity index (χ2n) is 7.81. The van der Waals surface area contributed by atoms with Crippen molar-refractivity contribution in [1.82, 2.24) is 15.3 Å². The predicted octanol–water partition coefficient (Wildman–Crippen LogP) is 4.68. The second-order valence-corrected chi connectivity index (χ2v) is 8.21. The number of alkyl halides is 3. The molecule has 1 aromatic carbocycles. The molecule has 2 aliphatic rings. The largest absolute Gasteiger partial charge is 0.433 e. The number of anilines is 2. The van der Waals surface area contributed by atoms with E-state index in [0.29, 0.717) is 13.1 Å². The van der Waals surface area contributed by atoms with Crippen molar-refractivity contribution in [3.05, 3.63) is 47.2 Å². The molecule has 1 fully saturated rings. The average molecular weight is 436 g/mol. The molecule has 0 bridgehead atoms. The number of benzene rings is 1. The van der Waals surface area contributed by atoms with E-state index in [4.69, 9.17) is 12.2 Å². The second kappa shape index (κ2) is 8.75. The highest BCUT2D eigenvalue weighted by molar-refractivity contribution is 7.80. The Morgan fingerprint density at radius 2 is 1.80 bits per heavy atom. The van der Waals surface area contributed by atoms with E-state index in [0.717, 1.165) is 43.7 Å². The fraction of sp³-hybridized carbons (Fsp3) is 0.476. The number of hydrogen-bond acceptors (Lipinski definition) is 4. The first-order valence-electron chi connectivity index (χ1n) is 10.2. The molecule has 1 saturated carbocycles. The van der Waals surface area contributed by atoms with Crippen LogP contribution in [0.1, 0.15) is 48.9 Å². The lowest BCUT2D eigenvalue weighted by Crippen LogP contribution is -2.39. The van der Waals surface area contributed by atoms with Gasteiger partial charge in [0.2, 0.25) is 5.95 Å². The van der Waals surface area contributed by atoms with Gasteiger partial charge in [0.15, 0.2) is 10.8 Å². The lowest BCUT2D eigenvalue weighted by atomic mass is 9.96. The summed E-state index contributed by atoms with van der Waals surface area (Å²) in [6, 6.07) is 9.21. The van der Waals surface area contributed by atoms with E-state index in [1.807, 2.05) is 23.1 Å². The van der Waals surface area contributed by atoms with Crippen molar-refractivity contribution in [2.45, 2.75) is 57.3 Å². The number of thiocarbonyl (C=S) groups is 1. The summed E-state index contributed by atoms with van der Waals surface area (Å²) in [5.74, 6) is 0.113. The third-order valence-electron chi connectivity index (χ3n) is 5.62. The molecule has 30 heavy (non-hydrogen) atoms. The van der Waals surface area contributed by atoms with Gasteiger partial charge < -0.3 is 15.5 Å². The summed E-state index contributed by atoms with van der Waals surface area (Å²) < 4.78 is 40.4. The van der Waals surface area contributed by atoms with E-state index < -0.39 is 11.9 Å². The van der Waals surface area contributed by atoms with Crippen molar-refractivity contribution in [3.8, 4) is 0 Å². The smallest absolute Gasteiger partial charge is 0.360 e. The van der Waals surface area contributed by atoms with Crippen LogP contribution in [0.25, 0.3) is 0 Å². The molecule has 1 aliphatic heterocycles. The van der Waals surface area contributed by atoms with Gasteiger partial charge in [-0.25, -0.2) is 4.98 Å². The zero-order valence-electron chi connectivity index (χ0n) is 16.5. The topological polar surface area (TPSA) is 53.1 Å². The van der Waals surface area contributed by atoms with E-state index in [1.54, 1.807) is 0 Å². The Morgan fingerprint density at radius 3 is 2.53 bits per heavy atom. The Hall–Kier alpha value is -2.42. The van der Waals surface area contributed by atoms with Crippen LogP contribution >= 0.6 is 12.2 Å². The summed E-state index contributed by atoms with van der Waals surface area (Å²) in [6.45, 7) is 1.10. The average Bonchev–Trinajstić information content (AvgIpc) is 2.73. The highest BCUT2D eigenvalue weighted by atomic mass is 32.1. The monoisotopic (exact) mass is 435 g/mol. The van der Waals surface area contributed by atoms with Crippen LogP contribution in [0, 0.1) is 0 Å². The predicted molar refractivity (Wildman–Crippen MR) is 114 cm³/mol. The molecule has 0 atom stereocenters. The van der Waals surface area contributed by atoms with Gasteiger partial charge in [-0.3, -0.25) is 0 Å². The third-order valence-corrected chi connectivity index (χ3v) is 5.84. The fourth-order valence-electron chi connectivity index (χ4n) is 4.06.